The van der Waals surface area contributed by atoms with Crippen LogP contribution in [-0.2, 0) is 10.8 Å². The van der Waals surface area contributed by atoms with Crippen LogP contribution >= 0.6 is 12.6 Å². The number of allylic oxidation sites excluding steroid dienone is 1. The van der Waals surface area contributed by atoms with Gasteiger partial charge < -0.3 is 0 Å². The molecular formula is C54H42S. The summed E-state index contributed by atoms with van der Waals surface area (Å²) in [6, 6.07) is 53.5. The molecule has 0 nitrogen and oxygen atoms in total. The van der Waals surface area contributed by atoms with E-state index < -0.39 is 0 Å². The second kappa shape index (κ2) is 11.7. The lowest BCUT2D eigenvalue weighted by atomic mass is 9.73. The molecule has 9 aromatic carbocycles. The molecule has 0 spiro atoms. The summed E-state index contributed by atoms with van der Waals surface area (Å²) in [4.78, 5) is 0. The molecule has 1 atom stereocenters. The normalized spacial score (nSPS) is 15.6. The first-order valence-electron chi connectivity index (χ1n) is 19.7. The molecule has 55 heavy (non-hydrogen) atoms. The second-order valence-electron chi connectivity index (χ2n) is 16.9. The minimum atomic E-state index is -0.322. The molecular weight excluding hydrogens is 681 g/mol. The van der Waals surface area contributed by atoms with Crippen LogP contribution in [0, 0.1) is 0 Å². The van der Waals surface area contributed by atoms with E-state index in [4.69, 9.17) is 12.6 Å². The van der Waals surface area contributed by atoms with E-state index in [2.05, 4.69) is 173 Å². The maximum Gasteiger partial charge on any atom is 0.0392 e. The molecule has 0 saturated carbocycles. The van der Waals surface area contributed by atoms with E-state index in [1.165, 1.54) is 115 Å². The SMILES string of the molecule is C=CC1(CCCS)c2cc(-c3ccc4c5c(cccc35)-c3ccccc3-4)ccc2-c2ccc(-c3ccc4ccc5cc(C(C)(C)C)cc6ccc3c4c56)cc21. The lowest BCUT2D eigenvalue weighted by Crippen LogP contribution is -2.22. The Labute approximate surface area is 328 Å². The zero-order valence-electron chi connectivity index (χ0n) is 31.6. The highest BCUT2D eigenvalue weighted by molar-refractivity contribution is 7.80. The van der Waals surface area contributed by atoms with E-state index in [9.17, 15) is 0 Å². The van der Waals surface area contributed by atoms with Gasteiger partial charge in [-0.2, -0.15) is 12.6 Å². The largest absolute Gasteiger partial charge is 0.179 e. The molecule has 0 N–H and O–H groups in total. The maximum absolute atomic E-state index is 4.73. The molecule has 0 saturated heterocycles. The average molecular weight is 723 g/mol. The Hall–Kier alpha value is -5.63. The van der Waals surface area contributed by atoms with E-state index in [-0.39, 0.29) is 10.8 Å². The Morgan fingerprint density at radius 1 is 0.509 bits per heavy atom. The molecule has 0 amide bonds. The fourth-order valence-electron chi connectivity index (χ4n) is 10.3. The highest BCUT2D eigenvalue weighted by Gasteiger charge is 2.41. The van der Waals surface area contributed by atoms with Gasteiger partial charge >= 0.3 is 0 Å². The monoisotopic (exact) mass is 722 g/mol. The van der Waals surface area contributed by atoms with Crippen LogP contribution in [0.3, 0.4) is 0 Å². The van der Waals surface area contributed by atoms with Crippen LogP contribution in [0.2, 0.25) is 0 Å². The predicted molar refractivity (Wildman–Crippen MR) is 241 cm³/mol. The van der Waals surface area contributed by atoms with Gasteiger partial charge in [-0.1, -0.05) is 154 Å². The van der Waals surface area contributed by atoms with Crippen LogP contribution in [0.4, 0.5) is 0 Å². The minimum absolute atomic E-state index is 0.0884. The number of benzene rings is 9. The molecule has 11 rings (SSSR count). The van der Waals surface area contributed by atoms with Crippen molar-refractivity contribution in [2.24, 2.45) is 0 Å². The van der Waals surface area contributed by atoms with Crippen LogP contribution < -0.4 is 0 Å². The van der Waals surface area contributed by atoms with Crippen molar-refractivity contribution >= 4 is 55.7 Å². The van der Waals surface area contributed by atoms with Gasteiger partial charge in [0.2, 0.25) is 0 Å². The molecule has 0 aromatic heterocycles. The van der Waals surface area contributed by atoms with Gasteiger partial charge in [0.05, 0.1) is 0 Å². The average Bonchev–Trinajstić information content (AvgIpc) is 3.68. The molecule has 0 heterocycles. The number of hydrogen-bond acceptors (Lipinski definition) is 1. The first-order chi connectivity index (χ1) is 26.8. The third kappa shape index (κ3) is 4.54. The van der Waals surface area contributed by atoms with E-state index in [1.54, 1.807) is 0 Å². The highest BCUT2D eigenvalue weighted by Crippen LogP contribution is 2.55. The first kappa shape index (κ1) is 32.8. The molecule has 1 unspecified atom stereocenters. The zero-order chi connectivity index (χ0) is 37.2. The van der Waals surface area contributed by atoms with Gasteiger partial charge in [-0.25, -0.2) is 0 Å². The number of fused-ring (bicyclic) bond motifs is 6. The maximum atomic E-state index is 4.73. The van der Waals surface area contributed by atoms with Crippen LogP contribution in [0.5, 0.6) is 0 Å². The molecule has 264 valence electrons. The van der Waals surface area contributed by atoms with E-state index >= 15 is 0 Å². The first-order valence-corrected chi connectivity index (χ1v) is 20.3. The Bertz CT molecular complexity index is 3030. The number of thiol groups is 1. The fourth-order valence-corrected chi connectivity index (χ4v) is 10.4. The standard InChI is InChI=1S/C54H42S/c1-5-54(26-9-27-55)48-30-33(38-20-16-32-14-15-35-28-37(53(2,3)4)29-36-19-23-46(38)51(32)50(35)36)17-21-42(48)43-22-18-34(31-49(43)54)39-24-25-47-41-11-7-6-10-40(41)45-13-8-12-44(39)52(45)47/h5-8,10-25,28-31,55H,1,9,26-27H2,2-4H3. The third-order valence-corrected chi connectivity index (χ3v) is 13.3. The molecule has 1 heteroatoms. The summed E-state index contributed by atoms with van der Waals surface area (Å²) in [6.07, 6.45) is 4.19. The number of rotatable bonds is 6. The van der Waals surface area contributed by atoms with Gasteiger partial charge in [-0.3, -0.25) is 0 Å². The van der Waals surface area contributed by atoms with Crippen molar-refractivity contribution in [2.75, 3.05) is 5.75 Å². The number of hydrogen-bond donors (Lipinski definition) is 1. The Balaban J connectivity index is 1.08. The van der Waals surface area contributed by atoms with Crippen LogP contribution in [0.15, 0.2) is 152 Å². The van der Waals surface area contributed by atoms with Crippen LogP contribution in [0.1, 0.15) is 50.3 Å². The van der Waals surface area contributed by atoms with Crippen molar-refractivity contribution in [2.45, 2.75) is 44.4 Å². The van der Waals surface area contributed by atoms with Crippen molar-refractivity contribution in [3.63, 3.8) is 0 Å². The quantitative estimate of drug-likeness (QED) is 0.0986. The van der Waals surface area contributed by atoms with E-state index in [0.29, 0.717) is 0 Å². The molecule has 0 bridgehead atoms. The molecule has 9 aromatic rings. The smallest absolute Gasteiger partial charge is 0.0392 e. The lowest BCUT2D eigenvalue weighted by Gasteiger charge is -2.29. The summed E-state index contributed by atoms with van der Waals surface area (Å²) in [7, 11) is 0. The van der Waals surface area contributed by atoms with Crippen molar-refractivity contribution in [3.8, 4) is 55.6 Å². The second-order valence-corrected chi connectivity index (χ2v) is 17.3. The van der Waals surface area contributed by atoms with Gasteiger partial charge in [0.25, 0.3) is 0 Å². The van der Waals surface area contributed by atoms with Crippen LogP contribution in [0.25, 0.3) is 98.7 Å². The third-order valence-electron chi connectivity index (χ3n) is 13.0. The molecule has 2 aliphatic carbocycles. The molecule has 0 radical (unpaired) electrons. The lowest BCUT2D eigenvalue weighted by molar-refractivity contribution is 0.587. The predicted octanol–water partition coefficient (Wildman–Crippen LogP) is 15.2. The van der Waals surface area contributed by atoms with E-state index in [0.717, 1.165) is 18.6 Å². The topological polar surface area (TPSA) is 0 Å². The summed E-state index contributed by atoms with van der Waals surface area (Å²) in [5.41, 5.74) is 16.9. The van der Waals surface area contributed by atoms with Gasteiger partial charge in [0.1, 0.15) is 0 Å². The zero-order valence-corrected chi connectivity index (χ0v) is 32.5. The molecule has 0 aliphatic heterocycles. The van der Waals surface area contributed by atoms with Crippen molar-refractivity contribution in [1.29, 1.82) is 0 Å². The summed E-state index contributed by atoms with van der Waals surface area (Å²) in [5, 5.41) is 10.6. The van der Waals surface area contributed by atoms with Crippen molar-refractivity contribution < 1.29 is 0 Å². The van der Waals surface area contributed by atoms with Gasteiger partial charge in [0, 0.05) is 5.41 Å². The molecule has 2 aliphatic rings. The Morgan fingerprint density at radius 3 is 1.67 bits per heavy atom. The summed E-state index contributed by atoms with van der Waals surface area (Å²) in [6.45, 7) is 11.5. The van der Waals surface area contributed by atoms with Crippen molar-refractivity contribution in [3.05, 3.63) is 169 Å². The summed E-state index contributed by atoms with van der Waals surface area (Å²) >= 11 is 4.73. The minimum Gasteiger partial charge on any atom is -0.179 e. The Kier molecular flexibility index (Phi) is 6.96. The van der Waals surface area contributed by atoms with Gasteiger partial charge in [-0.05, 0) is 152 Å². The molecule has 0 fully saturated rings. The van der Waals surface area contributed by atoms with Gasteiger partial charge in [-0.15, -0.1) is 6.58 Å². The summed E-state index contributed by atoms with van der Waals surface area (Å²) in [5.74, 6) is 0.834. The van der Waals surface area contributed by atoms with E-state index in [1.807, 2.05) is 0 Å². The summed E-state index contributed by atoms with van der Waals surface area (Å²) < 4.78 is 0. The van der Waals surface area contributed by atoms with Crippen molar-refractivity contribution in [1.82, 2.24) is 0 Å². The van der Waals surface area contributed by atoms with Gasteiger partial charge in [0.15, 0.2) is 0 Å². The fraction of sp³-hybridized carbons (Fsp3) is 0.148. The van der Waals surface area contributed by atoms with Crippen LogP contribution in [-0.4, -0.2) is 5.75 Å². The Morgan fingerprint density at radius 2 is 1.04 bits per heavy atom. The highest BCUT2D eigenvalue weighted by atomic mass is 32.1.